The van der Waals surface area contributed by atoms with Gasteiger partial charge in [0.15, 0.2) is 5.11 Å². The van der Waals surface area contributed by atoms with Gasteiger partial charge < -0.3 is 19.9 Å². The van der Waals surface area contributed by atoms with E-state index in [1.165, 1.54) is 0 Å². The predicted molar refractivity (Wildman–Crippen MR) is 123 cm³/mol. The molecule has 0 bridgehead atoms. The van der Waals surface area contributed by atoms with Crippen molar-refractivity contribution in [2.45, 2.75) is 18.6 Å². The van der Waals surface area contributed by atoms with Crippen LogP contribution in [0.25, 0.3) is 5.69 Å². The van der Waals surface area contributed by atoms with Crippen LogP contribution in [0.15, 0.2) is 91.4 Å². The lowest BCUT2D eigenvalue weighted by Crippen LogP contribution is -2.30. The van der Waals surface area contributed by atoms with Crippen molar-refractivity contribution in [2.24, 2.45) is 0 Å². The zero-order chi connectivity index (χ0) is 21.2. The summed E-state index contributed by atoms with van der Waals surface area (Å²) in [6, 6.07) is 22.9. The molecule has 2 atom stereocenters. The Bertz CT molecular complexity index is 1180. The van der Waals surface area contributed by atoms with Crippen LogP contribution in [0, 0.1) is 0 Å². The Kier molecular flexibility index (Phi) is 5.09. The van der Waals surface area contributed by atoms with Gasteiger partial charge in [0.25, 0.3) is 0 Å². The molecule has 5 rings (SSSR count). The van der Waals surface area contributed by atoms with Gasteiger partial charge in [-0.05, 0) is 72.9 Å². The molecule has 0 saturated carbocycles. The summed E-state index contributed by atoms with van der Waals surface area (Å²) in [4.78, 5) is 11.3. The van der Waals surface area contributed by atoms with Gasteiger partial charge in [0.1, 0.15) is 5.75 Å². The third-order valence-electron chi connectivity index (χ3n) is 5.47. The molecule has 4 heterocycles. The number of hydrogen-bond acceptors (Lipinski definition) is 4. The lowest BCUT2D eigenvalue weighted by Gasteiger charge is -2.28. The zero-order valence-corrected chi connectivity index (χ0v) is 17.5. The monoisotopic (exact) mass is 427 g/mol. The highest BCUT2D eigenvalue weighted by molar-refractivity contribution is 7.80. The molecule has 1 fully saturated rings. The molecule has 0 amide bonds. The average Bonchev–Trinajstić information content (AvgIpc) is 3.40. The van der Waals surface area contributed by atoms with E-state index < -0.39 is 0 Å². The molecule has 31 heavy (non-hydrogen) atoms. The number of nitrogens with zero attached hydrogens (tertiary/aromatic N) is 4. The fourth-order valence-corrected chi connectivity index (χ4v) is 4.35. The summed E-state index contributed by atoms with van der Waals surface area (Å²) >= 11 is 5.76. The van der Waals surface area contributed by atoms with Crippen molar-refractivity contribution >= 4 is 17.3 Å². The number of aromatic nitrogens is 3. The van der Waals surface area contributed by atoms with E-state index >= 15 is 0 Å². The number of rotatable bonds is 5. The molecular formula is C24H21N5OS. The minimum atomic E-state index is -0.108. The molecular weight excluding hydrogens is 406 g/mol. The van der Waals surface area contributed by atoms with Gasteiger partial charge in [0.2, 0.25) is 0 Å². The molecule has 1 aromatic carbocycles. The van der Waals surface area contributed by atoms with Gasteiger partial charge in [0, 0.05) is 30.0 Å². The van der Waals surface area contributed by atoms with E-state index in [2.05, 4.69) is 30.8 Å². The maximum absolute atomic E-state index is 9.71. The van der Waals surface area contributed by atoms with Gasteiger partial charge in [-0.2, -0.15) is 0 Å². The Morgan fingerprint density at radius 3 is 2.39 bits per heavy atom. The Hall–Kier alpha value is -3.71. The van der Waals surface area contributed by atoms with E-state index in [4.69, 9.17) is 12.2 Å². The number of nitrogens with one attached hydrogen (secondary N) is 1. The van der Waals surface area contributed by atoms with Crippen molar-refractivity contribution in [3.05, 3.63) is 108 Å². The summed E-state index contributed by atoms with van der Waals surface area (Å²) in [6.45, 7) is 0.585. The number of hydrogen-bond donors (Lipinski definition) is 2. The Balaban J connectivity index is 1.60. The molecule has 0 aliphatic carbocycles. The summed E-state index contributed by atoms with van der Waals surface area (Å²) in [5.74, 6) is 0.240. The average molecular weight is 428 g/mol. The van der Waals surface area contributed by atoms with E-state index in [0.29, 0.717) is 11.7 Å². The summed E-state index contributed by atoms with van der Waals surface area (Å²) < 4.78 is 2.13. The molecule has 0 radical (unpaired) electrons. The molecule has 7 heteroatoms. The number of phenols is 1. The Morgan fingerprint density at radius 2 is 1.68 bits per heavy atom. The fraction of sp³-hybridized carbons (Fsp3) is 0.125. The molecule has 0 spiro atoms. The van der Waals surface area contributed by atoms with Gasteiger partial charge in [-0.15, -0.1) is 0 Å². The van der Waals surface area contributed by atoms with Crippen LogP contribution >= 0.6 is 12.2 Å². The second kappa shape index (κ2) is 8.20. The standard InChI is InChI=1S/C24H21N5OS/c30-19-11-9-18(10-12-19)28-15-5-8-21(28)23-22(20-7-2-4-14-26-20)27-24(31)29(23)16-17-6-1-3-13-25-17/h1-15,22-23,30H,16H2,(H,27,31)/t22-,23-/m0/s1. The first-order chi connectivity index (χ1) is 15.2. The molecule has 1 saturated heterocycles. The SMILES string of the molecule is Oc1ccc(-n2cccc2[C@H]2[C@H](c3ccccn3)NC(=S)N2Cc2ccccn2)cc1. The molecule has 2 N–H and O–H groups in total. The van der Waals surface area contributed by atoms with Crippen molar-refractivity contribution in [2.75, 3.05) is 0 Å². The summed E-state index contributed by atoms with van der Waals surface area (Å²) in [7, 11) is 0. The van der Waals surface area contributed by atoms with Crippen molar-refractivity contribution in [1.29, 1.82) is 0 Å². The lowest BCUT2D eigenvalue weighted by molar-refractivity contribution is 0.299. The van der Waals surface area contributed by atoms with Crippen molar-refractivity contribution < 1.29 is 5.11 Å². The second-order valence-corrected chi connectivity index (χ2v) is 7.78. The lowest BCUT2D eigenvalue weighted by atomic mass is 10.0. The molecule has 3 aromatic heterocycles. The maximum Gasteiger partial charge on any atom is 0.170 e. The normalized spacial score (nSPS) is 18.2. The summed E-state index contributed by atoms with van der Waals surface area (Å²) in [5.41, 5.74) is 3.91. The van der Waals surface area contributed by atoms with Crippen LogP contribution in [-0.4, -0.2) is 29.7 Å². The van der Waals surface area contributed by atoms with Gasteiger partial charge >= 0.3 is 0 Å². The van der Waals surface area contributed by atoms with E-state index in [0.717, 1.165) is 22.8 Å². The molecule has 154 valence electrons. The number of benzene rings is 1. The first-order valence-corrected chi connectivity index (χ1v) is 10.5. The number of aromatic hydroxyl groups is 1. The summed E-state index contributed by atoms with van der Waals surface area (Å²) in [5, 5.41) is 13.9. The molecule has 1 aliphatic heterocycles. The van der Waals surface area contributed by atoms with E-state index in [9.17, 15) is 5.11 Å². The van der Waals surface area contributed by atoms with Crippen LogP contribution in [0.2, 0.25) is 0 Å². The maximum atomic E-state index is 9.71. The number of pyridine rings is 2. The van der Waals surface area contributed by atoms with Crippen molar-refractivity contribution in [1.82, 2.24) is 24.8 Å². The molecule has 1 aliphatic rings. The van der Waals surface area contributed by atoms with Crippen molar-refractivity contribution in [3.8, 4) is 11.4 Å². The predicted octanol–water partition coefficient (Wildman–Crippen LogP) is 4.15. The fourth-order valence-electron chi connectivity index (χ4n) is 4.05. The van der Waals surface area contributed by atoms with Crippen LogP contribution in [0.5, 0.6) is 5.75 Å². The highest BCUT2D eigenvalue weighted by Crippen LogP contribution is 2.40. The number of phenolic OH excluding ortho intramolecular Hbond substituents is 1. The highest BCUT2D eigenvalue weighted by atomic mass is 32.1. The molecule has 4 aromatic rings. The summed E-state index contributed by atoms with van der Waals surface area (Å²) in [6.07, 6.45) is 5.63. The van der Waals surface area contributed by atoms with Crippen LogP contribution in [0.1, 0.15) is 29.2 Å². The highest BCUT2D eigenvalue weighted by Gasteiger charge is 2.41. The van der Waals surface area contributed by atoms with Gasteiger partial charge in [-0.1, -0.05) is 12.1 Å². The Labute approximate surface area is 185 Å². The van der Waals surface area contributed by atoms with Crippen LogP contribution in [-0.2, 0) is 6.54 Å². The van der Waals surface area contributed by atoms with Crippen LogP contribution in [0.4, 0.5) is 0 Å². The topological polar surface area (TPSA) is 66.2 Å². The third kappa shape index (κ3) is 3.75. The zero-order valence-electron chi connectivity index (χ0n) is 16.7. The van der Waals surface area contributed by atoms with Gasteiger partial charge in [-0.25, -0.2) is 0 Å². The van der Waals surface area contributed by atoms with Gasteiger partial charge in [-0.3, -0.25) is 9.97 Å². The third-order valence-corrected chi connectivity index (χ3v) is 5.82. The first kappa shape index (κ1) is 19.3. The molecule has 6 nitrogen and oxygen atoms in total. The Morgan fingerprint density at radius 1 is 0.903 bits per heavy atom. The number of thiocarbonyl (C=S) groups is 1. The minimum Gasteiger partial charge on any atom is -0.508 e. The van der Waals surface area contributed by atoms with Crippen LogP contribution in [0.3, 0.4) is 0 Å². The first-order valence-electron chi connectivity index (χ1n) is 10.1. The minimum absolute atomic E-state index is 0.0896. The largest absolute Gasteiger partial charge is 0.508 e. The quantitative estimate of drug-likeness (QED) is 0.467. The van der Waals surface area contributed by atoms with E-state index in [1.807, 2.05) is 60.8 Å². The smallest absolute Gasteiger partial charge is 0.170 e. The van der Waals surface area contributed by atoms with Crippen LogP contribution < -0.4 is 5.32 Å². The molecule has 0 unspecified atom stereocenters. The second-order valence-electron chi connectivity index (χ2n) is 7.40. The van der Waals surface area contributed by atoms with E-state index in [1.54, 1.807) is 24.5 Å². The van der Waals surface area contributed by atoms with E-state index in [-0.39, 0.29) is 17.8 Å². The van der Waals surface area contributed by atoms with Gasteiger partial charge in [0.05, 0.1) is 30.0 Å². The van der Waals surface area contributed by atoms with Crippen molar-refractivity contribution in [3.63, 3.8) is 0 Å².